The summed E-state index contributed by atoms with van der Waals surface area (Å²) < 4.78 is 45.7. The minimum absolute atomic E-state index is 0.178. The van der Waals surface area contributed by atoms with Gasteiger partial charge in [0.1, 0.15) is 0 Å². The average molecular weight is 308 g/mol. The van der Waals surface area contributed by atoms with Crippen LogP contribution in [-0.4, -0.2) is 19.7 Å². The highest BCUT2D eigenvalue weighted by molar-refractivity contribution is 5.57. The monoisotopic (exact) mass is 308 g/mol. The molecule has 5 nitrogen and oxygen atoms in total. The Morgan fingerprint density at radius 1 is 1.18 bits per heavy atom. The molecule has 3 aromatic rings. The fourth-order valence-corrected chi connectivity index (χ4v) is 2.03. The predicted octanol–water partition coefficient (Wildman–Crippen LogP) is 3.19. The molecule has 0 aromatic carbocycles. The molecule has 0 radical (unpaired) electrons. The van der Waals surface area contributed by atoms with Gasteiger partial charge in [0.25, 0.3) is 5.89 Å². The SMILES string of the molecule is FC(F)(F)c1ccncc1-c1nc(CCn2cccc2)no1. The second-order valence-electron chi connectivity index (χ2n) is 4.61. The molecule has 3 heterocycles. The number of rotatable bonds is 4. The largest absolute Gasteiger partial charge is 0.417 e. The van der Waals surface area contributed by atoms with Crippen molar-refractivity contribution in [2.45, 2.75) is 19.1 Å². The van der Waals surface area contributed by atoms with Crippen LogP contribution in [0.5, 0.6) is 0 Å². The van der Waals surface area contributed by atoms with Gasteiger partial charge in [-0.15, -0.1) is 0 Å². The van der Waals surface area contributed by atoms with E-state index in [0.29, 0.717) is 18.8 Å². The van der Waals surface area contributed by atoms with Crippen LogP contribution in [0.2, 0.25) is 0 Å². The summed E-state index contributed by atoms with van der Waals surface area (Å²) in [6.07, 6.45) is 1.87. The zero-order chi connectivity index (χ0) is 15.6. The topological polar surface area (TPSA) is 56.7 Å². The van der Waals surface area contributed by atoms with E-state index in [-0.39, 0.29) is 11.5 Å². The van der Waals surface area contributed by atoms with Crippen LogP contribution in [0.4, 0.5) is 13.2 Å². The number of alkyl halides is 3. The summed E-state index contributed by atoms with van der Waals surface area (Å²) in [6, 6.07) is 4.65. The zero-order valence-electron chi connectivity index (χ0n) is 11.3. The Morgan fingerprint density at radius 2 is 1.95 bits per heavy atom. The molecule has 0 N–H and O–H groups in total. The van der Waals surface area contributed by atoms with Crippen LogP contribution < -0.4 is 0 Å². The molecule has 0 aliphatic carbocycles. The fraction of sp³-hybridized carbons (Fsp3) is 0.214. The van der Waals surface area contributed by atoms with Crippen LogP contribution in [0, 0.1) is 0 Å². The molecule has 0 atom stereocenters. The van der Waals surface area contributed by atoms with Crippen molar-refractivity contribution in [2.24, 2.45) is 0 Å². The van der Waals surface area contributed by atoms with Crippen LogP contribution in [0.1, 0.15) is 11.4 Å². The molecule has 3 aromatic heterocycles. The van der Waals surface area contributed by atoms with Crippen molar-refractivity contribution in [3.63, 3.8) is 0 Å². The molecule has 3 rings (SSSR count). The molecule has 0 saturated heterocycles. The van der Waals surface area contributed by atoms with Crippen molar-refractivity contribution in [3.05, 3.63) is 54.4 Å². The smallest absolute Gasteiger partial charge is 0.354 e. The lowest BCUT2D eigenvalue weighted by atomic mass is 10.1. The summed E-state index contributed by atoms with van der Waals surface area (Å²) in [7, 11) is 0. The lowest BCUT2D eigenvalue weighted by Crippen LogP contribution is -2.07. The normalized spacial score (nSPS) is 11.8. The van der Waals surface area contributed by atoms with Gasteiger partial charge in [-0.05, 0) is 18.2 Å². The van der Waals surface area contributed by atoms with Gasteiger partial charge in [0.2, 0.25) is 0 Å². The minimum Gasteiger partial charge on any atom is -0.354 e. The molecule has 0 spiro atoms. The Kier molecular flexibility index (Phi) is 3.66. The van der Waals surface area contributed by atoms with Crippen molar-refractivity contribution in [2.75, 3.05) is 0 Å². The van der Waals surface area contributed by atoms with E-state index in [4.69, 9.17) is 4.52 Å². The van der Waals surface area contributed by atoms with Gasteiger partial charge >= 0.3 is 6.18 Å². The molecule has 114 valence electrons. The number of hydrogen-bond donors (Lipinski definition) is 0. The van der Waals surface area contributed by atoms with E-state index in [1.165, 1.54) is 0 Å². The zero-order valence-corrected chi connectivity index (χ0v) is 11.3. The molecule has 0 saturated carbocycles. The third-order valence-corrected chi connectivity index (χ3v) is 3.08. The molecule has 0 aliphatic heterocycles. The van der Waals surface area contributed by atoms with Crippen LogP contribution in [0.3, 0.4) is 0 Å². The lowest BCUT2D eigenvalue weighted by Gasteiger charge is -2.08. The molecular weight excluding hydrogens is 297 g/mol. The predicted molar refractivity (Wildman–Crippen MR) is 70.7 cm³/mol. The highest BCUT2D eigenvalue weighted by atomic mass is 19.4. The summed E-state index contributed by atoms with van der Waals surface area (Å²) in [5.74, 6) is 0.170. The van der Waals surface area contributed by atoms with Gasteiger partial charge in [0, 0.05) is 37.8 Å². The third-order valence-electron chi connectivity index (χ3n) is 3.08. The first-order chi connectivity index (χ1) is 10.5. The maximum atomic E-state index is 13.0. The number of halogens is 3. The van der Waals surface area contributed by atoms with Crippen molar-refractivity contribution >= 4 is 0 Å². The van der Waals surface area contributed by atoms with E-state index in [1.807, 2.05) is 29.1 Å². The van der Waals surface area contributed by atoms with Crippen molar-refractivity contribution in [1.29, 1.82) is 0 Å². The van der Waals surface area contributed by atoms with Crippen LogP contribution in [-0.2, 0) is 19.1 Å². The van der Waals surface area contributed by atoms with Gasteiger partial charge in [-0.2, -0.15) is 18.2 Å². The first kappa shape index (κ1) is 14.3. The van der Waals surface area contributed by atoms with Gasteiger partial charge in [-0.3, -0.25) is 4.98 Å². The summed E-state index contributed by atoms with van der Waals surface area (Å²) in [4.78, 5) is 7.72. The van der Waals surface area contributed by atoms with Gasteiger partial charge in [-0.25, -0.2) is 0 Å². The van der Waals surface area contributed by atoms with Crippen LogP contribution in [0.25, 0.3) is 11.5 Å². The molecular formula is C14H11F3N4O. The lowest BCUT2D eigenvalue weighted by molar-refractivity contribution is -0.137. The van der Waals surface area contributed by atoms with E-state index in [1.54, 1.807) is 0 Å². The van der Waals surface area contributed by atoms with Crippen LogP contribution >= 0.6 is 0 Å². The number of pyridine rings is 1. The Labute approximate surface area is 123 Å². The van der Waals surface area contributed by atoms with E-state index in [9.17, 15) is 13.2 Å². The van der Waals surface area contributed by atoms with E-state index >= 15 is 0 Å². The number of nitrogens with zero attached hydrogens (tertiary/aromatic N) is 4. The fourth-order valence-electron chi connectivity index (χ4n) is 2.03. The molecule has 8 heteroatoms. The van der Waals surface area contributed by atoms with Gasteiger partial charge in [0.15, 0.2) is 5.82 Å². The van der Waals surface area contributed by atoms with Gasteiger partial charge in [-0.1, -0.05) is 5.16 Å². The summed E-state index contributed by atoms with van der Waals surface area (Å²) in [5.41, 5.74) is -1.06. The average Bonchev–Trinajstić information content (AvgIpc) is 3.16. The number of aryl methyl sites for hydroxylation is 2. The molecule has 0 fully saturated rings. The molecule has 0 unspecified atom stereocenters. The molecule has 0 bridgehead atoms. The Hall–Kier alpha value is -2.64. The first-order valence-corrected chi connectivity index (χ1v) is 6.49. The van der Waals surface area contributed by atoms with Crippen molar-refractivity contribution in [1.82, 2.24) is 19.7 Å². The number of aromatic nitrogens is 4. The minimum atomic E-state index is -4.50. The Balaban J connectivity index is 1.82. The van der Waals surface area contributed by atoms with Gasteiger partial charge < -0.3 is 9.09 Å². The van der Waals surface area contributed by atoms with Gasteiger partial charge in [0.05, 0.1) is 11.1 Å². The maximum Gasteiger partial charge on any atom is 0.417 e. The summed E-state index contributed by atoms with van der Waals surface area (Å²) in [5, 5.41) is 3.72. The standard InChI is InChI=1S/C14H11F3N4O/c15-14(16,17)11-3-5-18-9-10(11)13-19-12(20-22-13)4-8-21-6-1-2-7-21/h1-3,5-7,9H,4,8H2. The molecule has 22 heavy (non-hydrogen) atoms. The van der Waals surface area contributed by atoms with E-state index in [2.05, 4.69) is 15.1 Å². The molecule has 0 amide bonds. The highest BCUT2D eigenvalue weighted by Gasteiger charge is 2.35. The quantitative estimate of drug-likeness (QED) is 0.742. The second-order valence-corrected chi connectivity index (χ2v) is 4.61. The van der Waals surface area contributed by atoms with Crippen molar-refractivity contribution < 1.29 is 17.7 Å². The first-order valence-electron chi connectivity index (χ1n) is 6.49. The van der Waals surface area contributed by atoms with Crippen molar-refractivity contribution in [3.8, 4) is 11.5 Å². The summed E-state index contributed by atoms with van der Waals surface area (Å²) in [6.45, 7) is 0.616. The Bertz CT molecular complexity index is 750. The third kappa shape index (κ3) is 3.00. The Morgan fingerprint density at radius 3 is 2.68 bits per heavy atom. The van der Waals surface area contributed by atoms with E-state index < -0.39 is 11.7 Å². The number of hydrogen-bond acceptors (Lipinski definition) is 4. The second kappa shape index (κ2) is 5.63. The maximum absolute atomic E-state index is 13.0. The van der Waals surface area contributed by atoms with E-state index in [0.717, 1.165) is 18.5 Å². The summed E-state index contributed by atoms with van der Waals surface area (Å²) >= 11 is 0. The molecule has 0 aliphatic rings. The highest BCUT2D eigenvalue weighted by Crippen LogP contribution is 2.35. The van der Waals surface area contributed by atoms with Crippen LogP contribution in [0.15, 0.2) is 47.5 Å².